The number of aryl methyl sites for hydroxylation is 1. The van der Waals surface area contributed by atoms with E-state index in [4.69, 9.17) is 4.42 Å². The van der Waals surface area contributed by atoms with Crippen LogP contribution in [-0.2, 0) is 21.7 Å². The van der Waals surface area contributed by atoms with Gasteiger partial charge in [-0.3, -0.25) is 0 Å². The average molecular weight is 1110 g/mol. The number of nitrogens with zero attached hydrogens (tertiary/aromatic N) is 3. The lowest BCUT2D eigenvalue weighted by Crippen LogP contribution is -2.61. The summed E-state index contributed by atoms with van der Waals surface area (Å²) in [5, 5.41) is 4.73. The summed E-state index contributed by atoms with van der Waals surface area (Å²) >= 11 is 0. The van der Waals surface area contributed by atoms with Gasteiger partial charge in [0.05, 0.1) is 5.39 Å². The normalized spacial score (nSPS) is 16.5. The SMILES string of the molecule is Cc1cc2c(cc1N1c3ccc(N(c4cccc(-c5ccccc5)c4)c4cccc(-c5ccccc5)c4)cc3B3c4c1cc1ccccc1c4-c1ccc4oc5ccccc5c4c1N3c1ccc3c(c1)C(C)(C)CCC3(C)C)C(C)(C)CCC2(C)C. The molecule has 0 spiro atoms. The molecule has 3 heterocycles. The summed E-state index contributed by atoms with van der Waals surface area (Å²) in [4.78, 5) is 7.94. The highest BCUT2D eigenvalue weighted by molar-refractivity contribution is 6.94. The molecule has 2 aliphatic heterocycles. The van der Waals surface area contributed by atoms with Crippen LogP contribution in [0.2, 0.25) is 0 Å². The van der Waals surface area contributed by atoms with Crippen LogP contribution < -0.4 is 25.5 Å². The first kappa shape index (κ1) is 52.5. The summed E-state index contributed by atoms with van der Waals surface area (Å²) in [7, 11) is 0. The Morgan fingerprint density at radius 2 is 0.977 bits per heavy atom. The zero-order valence-electron chi connectivity index (χ0n) is 51.0. The van der Waals surface area contributed by atoms with Crippen molar-refractivity contribution in [3.05, 3.63) is 252 Å². The lowest BCUT2D eigenvalue weighted by molar-refractivity contribution is 0.332. The summed E-state index contributed by atoms with van der Waals surface area (Å²) in [5.74, 6) is 0. The first-order chi connectivity index (χ1) is 41.5. The first-order valence-electron chi connectivity index (χ1n) is 31.2. The summed E-state index contributed by atoms with van der Waals surface area (Å²) in [6, 6.07) is 85.0. The van der Waals surface area contributed by atoms with Gasteiger partial charge in [0.2, 0.25) is 0 Å². The Labute approximate surface area is 507 Å². The molecule has 0 unspecified atom stereocenters. The molecule has 12 aromatic rings. The van der Waals surface area contributed by atoms with E-state index >= 15 is 0 Å². The smallest absolute Gasteiger partial charge is 0.333 e. The predicted molar refractivity (Wildman–Crippen MR) is 366 cm³/mol. The summed E-state index contributed by atoms with van der Waals surface area (Å²) in [6.45, 7) is 21.7. The van der Waals surface area contributed by atoms with E-state index in [1.165, 1.54) is 111 Å². The highest BCUT2D eigenvalue weighted by Crippen LogP contribution is 2.56. The number of hydrogen-bond acceptors (Lipinski definition) is 4. The molecule has 0 atom stereocenters. The third-order valence-corrected chi connectivity index (χ3v) is 20.6. The van der Waals surface area contributed by atoms with Gasteiger partial charge in [-0.1, -0.05) is 195 Å². The highest BCUT2D eigenvalue weighted by Gasteiger charge is 2.49. The fourth-order valence-corrected chi connectivity index (χ4v) is 15.7. The second-order valence-corrected chi connectivity index (χ2v) is 27.8. The molecule has 2 aliphatic carbocycles. The molecule has 0 amide bonds. The van der Waals surface area contributed by atoms with Gasteiger partial charge in [-0.05, 0) is 217 Å². The molecule has 86 heavy (non-hydrogen) atoms. The molecule has 16 rings (SSSR count). The molecule has 1 aromatic heterocycles. The molecular weight excluding hydrogens is 1040 g/mol. The maximum Gasteiger partial charge on any atom is 0.333 e. The molecule has 5 heteroatoms. The molecule has 4 aliphatic rings. The zero-order valence-corrected chi connectivity index (χ0v) is 51.0. The Balaban J connectivity index is 1.05. The van der Waals surface area contributed by atoms with Crippen LogP contribution >= 0.6 is 0 Å². The minimum Gasteiger partial charge on any atom is -0.456 e. The van der Waals surface area contributed by atoms with Gasteiger partial charge in [-0.2, -0.15) is 0 Å². The third-order valence-electron chi connectivity index (χ3n) is 20.6. The van der Waals surface area contributed by atoms with Crippen LogP contribution in [0.4, 0.5) is 45.5 Å². The molecule has 11 aromatic carbocycles. The Hall–Kier alpha value is -9.06. The van der Waals surface area contributed by atoms with Crippen molar-refractivity contribution in [2.45, 2.75) is 110 Å². The maximum atomic E-state index is 6.96. The van der Waals surface area contributed by atoms with Crippen molar-refractivity contribution in [3.8, 4) is 33.4 Å². The van der Waals surface area contributed by atoms with Gasteiger partial charge in [-0.25, -0.2) is 0 Å². The van der Waals surface area contributed by atoms with Crippen LogP contribution in [0.25, 0.3) is 66.1 Å². The lowest BCUT2D eigenvalue weighted by atomic mass is 9.43. The van der Waals surface area contributed by atoms with Crippen LogP contribution in [0.5, 0.6) is 0 Å². The van der Waals surface area contributed by atoms with Crippen molar-refractivity contribution in [1.82, 2.24) is 0 Å². The van der Waals surface area contributed by atoms with Gasteiger partial charge < -0.3 is 19.0 Å². The van der Waals surface area contributed by atoms with Crippen LogP contribution in [0.1, 0.15) is 109 Å². The average Bonchev–Trinajstić information content (AvgIpc) is 0.935. The molecule has 0 saturated carbocycles. The highest BCUT2D eigenvalue weighted by atomic mass is 16.3. The van der Waals surface area contributed by atoms with Crippen LogP contribution in [0.3, 0.4) is 0 Å². The van der Waals surface area contributed by atoms with Crippen LogP contribution in [0, 0.1) is 6.92 Å². The van der Waals surface area contributed by atoms with Crippen molar-refractivity contribution in [2.24, 2.45) is 0 Å². The van der Waals surface area contributed by atoms with Gasteiger partial charge in [0, 0.05) is 56.4 Å². The summed E-state index contributed by atoms with van der Waals surface area (Å²) in [6.07, 6.45) is 4.56. The topological polar surface area (TPSA) is 22.9 Å². The Bertz CT molecular complexity index is 4670. The monoisotopic (exact) mass is 1110 g/mol. The predicted octanol–water partition coefficient (Wildman–Crippen LogP) is 21.3. The first-order valence-corrected chi connectivity index (χ1v) is 31.2. The van der Waals surface area contributed by atoms with Gasteiger partial charge in [0.25, 0.3) is 0 Å². The van der Waals surface area contributed by atoms with Crippen molar-refractivity contribution in [3.63, 3.8) is 0 Å². The quantitative estimate of drug-likeness (QED) is 0.148. The van der Waals surface area contributed by atoms with E-state index in [0.29, 0.717) is 0 Å². The zero-order chi connectivity index (χ0) is 58.6. The molecule has 4 nitrogen and oxygen atoms in total. The number of rotatable bonds is 7. The molecule has 0 radical (unpaired) electrons. The Morgan fingerprint density at radius 3 is 1.64 bits per heavy atom. The third kappa shape index (κ3) is 8.03. The Morgan fingerprint density at radius 1 is 0.419 bits per heavy atom. The van der Waals surface area contributed by atoms with Gasteiger partial charge in [0.15, 0.2) is 0 Å². The fraction of sp³-hybridized carbons (Fsp3) is 0.210. The molecular formula is C81H72BN3O. The van der Waals surface area contributed by atoms with E-state index in [0.717, 1.165) is 64.7 Å². The molecule has 0 fully saturated rings. The number of furan rings is 1. The standard InChI is InChI=1S/C81H72BN3O/c1-51-44-65-67(81(8,9)43-42-79(65,4)5)50-70(51)84-69-38-35-59(83(57-29-20-27-54(45-57)52-22-12-10-13-23-52)58-30-21-28-55(46-58)53-24-14-11-15-25-53)49-68(69)82-76-71(84)47-56-26-16-17-31-61(56)74(76)63-36-39-73-75(62-32-18-19-33-72(62)86-73)77(63)85(82)60-34-37-64-66(48-60)80(6,7)41-40-78(64,2)3/h10-39,44-50H,40-43H2,1-9H3. The minimum atomic E-state index is -0.290. The lowest BCUT2D eigenvalue weighted by Gasteiger charge is -2.48. The number of anilines is 8. The van der Waals surface area contributed by atoms with E-state index in [1.807, 2.05) is 0 Å². The Kier molecular flexibility index (Phi) is 11.6. The van der Waals surface area contributed by atoms with E-state index in [1.54, 1.807) is 0 Å². The summed E-state index contributed by atoms with van der Waals surface area (Å²) in [5.41, 5.74) is 27.9. The van der Waals surface area contributed by atoms with Crippen LogP contribution in [0.15, 0.2) is 229 Å². The summed E-state index contributed by atoms with van der Waals surface area (Å²) < 4.78 is 6.96. The minimum absolute atomic E-state index is 0.00648. The van der Waals surface area contributed by atoms with E-state index < -0.39 is 0 Å². The number of fused-ring (bicyclic) bond motifs is 12. The van der Waals surface area contributed by atoms with E-state index in [2.05, 4.69) is 301 Å². The van der Waals surface area contributed by atoms with Crippen LogP contribution in [-0.4, -0.2) is 6.85 Å². The second kappa shape index (κ2) is 19.0. The largest absolute Gasteiger partial charge is 0.456 e. The maximum absolute atomic E-state index is 6.96. The molecule has 0 bridgehead atoms. The van der Waals surface area contributed by atoms with Gasteiger partial charge in [-0.15, -0.1) is 0 Å². The van der Waals surface area contributed by atoms with Gasteiger partial charge >= 0.3 is 6.85 Å². The van der Waals surface area contributed by atoms with E-state index in [9.17, 15) is 0 Å². The number of benzene rings is 11. The van der Waals surface area contributed by atoms with Gasteiger partial charge in [0.1, 0.15) is 11.2 Å². The van der Waals surface area contributed by atoms with Crippen molar-refractivity contribution < 1.29 is 4.42 Å². The van der Waals surface area contributed by atoms with Crippen molar-refractivity contribution in [1.29, 1.82) is 0 Å². The second-order valence-electron chi connectivity index (χ2n) is 27.8. The number of hydrogen-bond donors (Lipinski definition) is 0. The molecule has 0 N–H and O–H groups in total. The molecule has 420 valence electrons. The van der Waals surface area contributed by atoms with Crippen molar-refractivity contribution in [2.75, 3.05) is 14.6 Å². The molecule has 0 saturated heterocycles. The number of para-hydroxylation sites is 1. The van der Waals surface area contributed by atoms with Crippen molar-refractivity contribution >= 4 is 96.0 Å². The fourth-order valence-electron chi connectivity index (χ4n) is 15.7. The van der Waals surface area contributed by atoms with E-state index in [-0.39, 0.29) is 28.5 Å².